The van der Waals surface area contributed by atoms with Gasteiger partial charge in [0.1, 0.15) is 11.6 Å². The SMILES string of the molecule is CCc1ccc(OCCC(=O)Nc2cc(C)nn2-c2ccc3ccccc3n2)cc1. The molecule has 0 fully saturated rings. The van der Waals surface area contributed by atoms with Crippen LogP contribution in [0.1, 0.15) is 24.6 Å². The van der Waals surface area contributed by atoms with Crippen LogP contribution in [0.4, 0.5) is 5.82 Å². The molecule has 0 bridgehead atoms. The highest BCUT2D eigenvalue weighted by molar-refractivity contribution is 5.90. The topological polar surface area (TPSA) is 69.0 Å². The van der Waals surface area contributed by atoms with Crippen molar-refractivity contribution in [1.82, 2.24) is 14.8 Å². The largest absolute Gasteiger partial charge is 0.493 e. The maximum absolute atomic E-state index is 12.5. The van der Waals surface area contributed by atoms with Crippen molar-refractivity contribution < 1.29 is 9.53 Å². The summed E-state index contributed by atoms with van der Waals surface area (Å²) < 4.78 is 7.34. The molecule has 4 aromatic rings. The summed E-state index contributed by atoms with van der Waals surface area (Å²) in [4.78, 5) is 17.1. The fraction of sp³-hybridized carbons (Fsp3) is 0.208. The number of nitrogens with zero attached hydrogens (tertiary/aromatic N) is 3. The number of anilines is 1. The number of aryl methyl sites for hydroxylation is 2. The number of nitrogens with one attached hydrogen (secondary N) is 1. The number of pyridine rings is 1. The highest BCUT2D eigenvalue weighted by atomic mass is 16.5. The summed E-state index contributed by atoms with van der Waals surface area (Å²) in [7, 11) is 0. The van der Waals surface area contributed by atoms with Crippen molar-refractivity contribution in [2.75, 3.05) is 11.9 Å². The second-order valence-electron chi connectivity index (χ2n) is 7.09. The number of hydrogen-bond donors (Lipinski definition) is 1. The average Bonchev–Trinajstić information content (AvgIpc) is 3.13. The van der Waals surface area contributed by atoms with E-state index >= 15 is 0 Å². The fourth-order valence-electron chi connectivity index (χ4n) is 3.22. The molecular formula is C24H24N4O2. The third-order valence-corrected chi connectivity index (χ3v) is 4.83. The van der Waals surface area contributed by atoms with E-state index < -0.39 is 0 Å². The molecule has 1 amide bonds. The van der Waals surface area contributed by atoms with Gasteiger partial charge in [-0.05, 0) is 49.2 Å². The van der Waals surface area contributed by atoms with E-state index in [1.54, 1.807) is 4.68 Å². The molecule has 2 heterocycles. The number of carbonyl (C=O) groups excluding carboxylic acids is 1. The lowest BCUT2D eigenvalue weighted by molar-refractivity contribution is -0.116. The monoisotopic (exact) mass is 400 g/mol. The molecule has 0 aliphatic carbocycles. The zero-order valence-corrected chi connectivity index (χ0v) is 17.1. The van der Waals surface area contributed by atoms with Crippen LogP contribution in [0.15, 0.2) is 66.7 Å². The Morgan fingerprint density at radius 1 is 1.07 bits per heavy atom. The van der Waals surface area contributed by atoms with Crippen molar-refractivity contribution in [1.29, 1.82) is 0 Å². The molecule has 4 rings (SSSR count). The minimum absolute atomic E-state index is 0.137. The molecule has 6 heteroatoms. The first-order chi connectivity index (χ1) is 14.6. The molecule has 6 nitrogen and oxygen atoms in total. The van der Waals surface area contributed by atoms with Crippen molar-refractivity contribution in [3.8, 4) is 11.6 Å². The van der Waals surface area contributed by atoms with Gasteiger partial charge in [-0.2, -0.15) is 9.78 Å². The molecule has 152 valence electrons. The third-order valence-electron chi connectivity index (χ3n) is 4.83. The summed E-state index contributed by atoms with van der Waals surface area (Å²) in [5.74, 6) is 1.88. The summed E-state index contributed by atoms with van der Waals surface area (Å²) in [6, 6.07) is 21.6. The number of hydrogen-bond acceptors (Lipinski definition) is 4. The van der Waals surface area contributed by atoms with Crippen LogP contribution in [0.5, 0.6) is 5.75 Å². The molecule has 0 unspecified atom stereocenters. The standard InChI is InChI=1S/C24H24N4O2/c1-3-18-8-11-20(12-9-18)30-15-14-24(29)26-23-16-17(2)27-28(23)22-13-10-19-6-4-5-7-21(19)25-22/h4-13,16H,3,14-15H2,1-2H3,(H,26,29). The Hall–Kier alpha value is -3.67. The average molecular weight is 400 g/mol. The first-order valence-electron chi connectivity index (χ1n) is 10.1. The highest BCUT2D eigenvalue weighted by Crippen LogP contribution is 2.19. The Balaban J connectivity index is 1.42. The molecule has 2 aromatic carbocycles. The number of aromatic nitrogens is 3. The van der Waals surface area contributed by atoms with Gasteiger partial charge in [0.2, 0.25) is 5.91 Å². The van der Waals surface area contributed by atoms with Gasteiger partial charge in [-0.3, -0.25) is 4.79 Å². The molecule has 0 atom stereocenters. The van der Waals surface area contributed by atoms with E-state index in [9.17, 15) is 4.79 Å². The van der Waals surface area contributed by atoms with Crippen LogP contribution in [-0.4, -0.2) is 27.3 Å². The number of para-hydroxylation sites is 1. The van der Waals surface area contributed by atoms with E-state index in [2.05, 4.69) is 22.3 Å². The Morgan fingerprint density at radius 2 is 1.87 bits per heavy atom. The normalized spacial score (nSPS) is 10.9. The summed E-state index contributed by atoms with van der Waals surface area (Å²) in [5.41, 5.74) is 2.93. The minimum atomic E-state index is -0.137. The maximum Gasteiger partial charge on any atom is 0.228 e. The van der Waals surface area contributed by atoms with Gasteiger partial charge in [0.15, 0.2) is 5.82 Å². The molecule has 0 radical (unpaired) electrons. The van der Waals surface area contributed by atoms with E-state index in [-0.39, 0.29) is 12.3 Å². The molecule has 30 heavy (non-hydrogen) atoms. The Bertz CT molecular complexity index is 1170. The van der Waals surface area contributed by atoms with Crippen molar-refractivity contribution in [2.45, 2.75) is 26.7 Å². The van der Waals surface area contributed by atoms with Gasteiger partial charge in [0.25, 0.3) is 0 Å². The molecular weight excluding hydrogens is 376 g/mol. The Kier molecular flexibility index (Phi) is 5.75. The number of fused-ring (bicyclic) bond motifs is 1. The van der Waals surface area contributed by atoms with Crippen LogP contribution in [-0.2, 0) is 11.2 Å². The van der Waals surface area contributed by atoms with Crippen LogP contribution in [0.2, 0.25) is 0 Å². The van der Waals surface area contributed by atoms with Crippen LogP contribution in [0.25, 0.3) is 16.7 Å². The lowest BCUT2D eigenvalue weighted by atomic mass is 10.2. The zero-order valence-electron chi connectivity index (χ0n) is 17.1. The van der Waals surface area contributed by atoms with Gasteiger partial charge in [-0.1, -0.05) is 37.3 Å². The Labute approximate surface area is 175 Å². The summed E-state index contributed by atoms with van der Waals surface area (Å²) in [6.45, 7) is 4.30. The van der Waals surface area contributed by atoms with Crippen molar-refractivity contribution >= 4 is 22.6 Å². The Morgan fingerprint density at radius 3 is 2.67 bits per heavy atom. The lowest BCUT2D eigenvalue weighted by Gasteiger charge is -2.10. The number of carbonyl (C=O) groups is 1. The van der Waals surface area contributed by atoms with Crippen molar-refractivity contribution in [3.63, 3.8) is 0 Å². The third kappa shape index (κ3) is 4.49. The first-order valence-corrected chi connectivity index (χ1v) is 10.1. The summed E-state index contributed by atoms with van der Waals surface area (Å²) in [5, 5.41) is 8.47. The number of amides is 1. The van der Waals surface area contributed by atoms with Crippen molar-refractivity contribution in [2.24, 2.45) is 0 Å². The van der Waals surface area contributed by atoms with E-state index in [0.29, 0.717) is 18.2 Å². The molecule has 0 aliphatic rings. The number of ether oxygens (including phenoxy) is 1. The smallest absolute Gasteiger partial charge is 0.228 e. The number of benzene rings is 2. The van der Waals surface area contributed by atoms with Gasteiger partial charge in [0, 0.05) is 11.5 Å². The second kappa shape index (κ2) is 8.78. The molecule has 2 aromatic heterocycles. The van der Waals surface area contributed by atoms with Crippen molar-refractivity contribution in [3.05, 3.63) is 78.0 Å². The lowest BCUT2D eigenvalue weighted by Crippen LogP contribution is -2.17. The quantitative estimate of drug-likeness (QED) is 0.488. The van der Waals surface area contributed by atoms with Gasteiger partial charge in [0.05, 0.1) is 24.2 Å². The van der Waals surface area contributed by atoms with Gasteiger partial charge in [-0.15, -0.1) is 0 Å². The molecule has 0 saturated heterocycles. The summed E-state index contributed by atoms with van der Waals surface area (Å²) >= 11 is 0. The number of rotatable bonds is 7. The minimum Gasteiger partial charge on any atom is -0.493 e. The second-order valence-corrected chi connectivity index (χ2v) is 7.09. The van der Waals surface area contributed by atoms with Crippen LogP contribution < -0.4 is 10.1 Å². The van der Waals surface area contributed by atoms with Crippen LogP contribution in [0.3, 0.4) is 0 Å². The van der Waals surface area contributed by atoms with Gasteiger partial charge < -0.3 is 10.1 Å². The predicted octanol–water partition coefficient (Wildman–Crippen LogP) is 4.70. The van der Waals surface area contributed by atoms with Gasteiger partial charge >= 0.3 is 0 Å². The first kappa shape index (κ1) is 19.6. The molecule has 0 saturated carbocycles. The van der Waals surface area contributed by atoms with E-state index in [1.165, 1.54) is 5.56 Å². The summed E-state index contributed by atoms with van der Waals surface area (Å²) in [6.07, 6.45) is 1.23. The zero-order chi connectivity index (χ0) is 20.9. The van der Waals surface area contributed by atoms with E-state index in [1.807, 2.05) is 73.7 Å². The van der Waals surface area contributed by atoms with Gasteiger partial charge in [-0.25, -0.2) is 4.98 Å². The van der Waals surface area contributed by atoms with Crippen LogP contribution >= 0.6 is 0 Å². The molecule has 0 spiro atoms. The van der Waals surface area contributed by atoms with E-state index in [0.717, 1.165) is 28.8 Å². The predicted molar refractivity (Wildman–Crippen MR) is 118 cm³/mol. The van der Waals surface area contributed by atoms with Crippen LogP contribution in [0, 0.1) is 6.92 Å². The van der Waals surface area contributed by atoms with E-state index in [4.69, 9.17) is 4.74 Å². The maximum atomic E-state index is 12.5. The highest BCUT2D eigenvalue weighted by Gasteiger charge is 2.12. The molecule has 1 N–H and O–H groups in total. The fourth-order valence-corrected chi connectivity index (χ4v) is 3.22. The molecule has 0 aliphatic heterocycles.